The summed E-state index contributed by atoms with van der Waals surface area (Å²) in [6, 6.07) is 4.34. The number of hydrogen-bond donors (Lipinski definition) is 3. The van der Waals surface area contributed by atoms with Gasteiger partial charge in [0.1, 0.15) is 0 Å². The molecule has 0 aromatic heterocycles. The van der Waals surface area contributed by atoms with Gasteiger partial charge in [-0.25, -0.2) is 0 Å². The molecule has 2 amide bonds. The van der Waals surface area contributed by atoms with Crippen LogP contribution in [0.4, 0.5) is 13.2 Å². The van der Waals surface area contributed by atoms with Crippen LogP contribution >= 0.6 is 0 Å². The van der Waals surface area contributed by atoms with E-state index in [-0.39, 0.29) is 18.2 Å². The second kappa shape index (κ2) is 12.0. The van der Waals surface area contributed by atoms with E-state index in [0.29, 0.717) is 32.0 Å². The van der Waals surface area contributed by atoms with Crippen molar-refractivity contribution in [2.75, 3.05) is 19.6 Å². The van der Waals surface area contributed by atoms with Crippen molar-refractivity contribution in [3.05, 3.63) is 58.8 Å². The van der Waals surface area contributed by atoms with E-state index < -0.39 is 29.2 Å². The van der Waals surface area contributed by atoms with Gasteiger partial charge in [0.2, 0.25) is 5.91 Å². The molecule has 202 valence electrons. The Morgan fingerprint density at radius 2 is 1.89 bits per heavy atom. The Kier molecular flexibility index (Phi) is 9.31. The van der Waals surface area contributed by atoms with Crippen molar-refractivity contribution in [3.8, 4) is 0 Å². The van der Waals surface area contributed by atoms with Gasteiger partial charge in [-0.1, -0.05) is 17.7 Å². The standard InChI is InChI=1S/C27H35F3N4O3/c1-4-31-14-21(12-18(2)3)26(37)10-8-23(9-11-26)34-16-22(17-34)33-24(35)15-32-25(36)19-6-5-7-20(13-19)27(28,29)30/h4-7,12-14,22-23,37H,8-11,15-17H2,1-3H3,(H,32,36)(H,33,35). The number of aliphatic hydroxyl groups is 1. The molecule has 0 spiro atoms. The number of hydrogen-bond acceptors (Lipinski definition) is 5. The van der Waals surface area contributed by atoms with Gasteiger partial charge in [0.15, 0.2) is 0 Å². The topological polar surface area (TPSA) is 94.0 Å². The van der Waals surface area contributed by atoms with Crippen LogP contribution in [0, 0.1) is 0 Å². The summed E-state index contributed by atoms with van der Waals surface area (Å²) in [5, 5.41) is 16.5. The SMILES string of the molecule is CC=NC=C(C=C(C)C)C1(O)CCC(N2CC(NC(=O)CNC(=O)c3cccc(C(F)(F)F)c3)C2)CC1. The second-order valence-electron chi connectivity index (χ2n) is 9.96. The number of allylic oxidation sites excluding steroid dienone is 1. The van der Waals surface area contributed by atoms with Gasteiger partial charge in [0, 0.05) is 42.7 Å². The zero-order valence-corrected chi connectivity index (χ0v) is 21.4. The molecule has 0 bridgehead atoms. The highest BCUT2D eigenvalue weighted by Gasteiger charge is 2.41. The predicted octanol–water partition coefficient (Wildman–Crippen LogP) is 3.85. The number of nitrogens with one attached hydrogen (secondary N) is 2. The van der Waals surface area contributed by atoms with Crippen LogP contribution in [-0.2, 0) is 11.0 Å². The van der Waals surface area contributed by atoms with Gasteiger partial charge < -0.3 is 15.7 Å². The van der Waals surface area contributed by atoms with Gasteiger partial charge in [-0.05, 0) is 64.7 Å². The number of carbonyl (C=O) groups is 2. The third-order valence-electron chi connectivity index (χ3n) is 6.78. The molecular weight excluding hydrogens is 485 g/mol. The number of amides is 2. The smallest absolute Gasteiger partial charge is 0.385 e. The molecule has 0 atom stereocenters. The first kappa shape index (κ1) is 28.6. The number of nitrogens with zero attached hydrogens (tertiary/aromatic N) is 2. The molecule has 3 rings (SSSR count). The molecule has 0 radical (unpaired) electrons. The summed E-state index contributed by atoms with van der Waals surface area (Å²) in [5.74, 6) is -1.13. The number of benzene rings is 1. The second-order valence-corrected chi connectivity index (χ2v) is 9.96. The lowest BCUT2D eigenvalue weighted by atomic mass is 9.76. The molecule has 2 aliphatic rings. The summed E-state index contributed by atoms with van der Waals surface area (Å²) in [6.45, 7) is 6.84. The predicted molar refractivity (Wildman–Crippen MR) is 136 cm³/mol. The lowest BCUT2D eigenvalue weighted by Crippen LogP contribution is -2.63. The summed E-state index contributed by atoms with van der Waals surface area (Å²) in [6.07, 6.45) is 3.77. The number of carbonyl (C=O) groups excluding carboxylic acids is 2. The molecule has 1 aliphatic heterocycles. The highest BCUT2D eigenvalue weighted by atomic mass is 19.4. The quantitative estimate of drug-likeness (QED) is 0.359. The van der Waals surface area contributed by atoms with Crippen molar-refractivity contribution in [2.24, 2.45) is 4.99 Å². The van der Waals surface area contributed by atoms with Crippen molar-refractivity contribution in [3.63, 3.8) is 0 Å². The van der Waals surface area contributed by atoms with Crippen molar-refractivity contribution < 1.29 is 27.9 Å². The minimum atomic E-state index is -4.55. The summed E-state index contributed by atoms with van der Waals surface area (Å²) in [7, 11) is 0. The van der Waals surface area contributed by atoms with Crippen LogP contribution in [0.2, 0.25) is 0 Å². The van der Waals surface area contributed by atoms with E-state index >= 15 is 0 Å². The van der Waals surface area contributed by atoms with Crippen LogP contribution in [0.3, 0.4) is 0 Å². The fraction of sp³-hybridized carbons (Fsp3) is 0.519. The van der Waals surface area contributed by atoms with Gasteiger partial charge in [0.25, 0.3) is 5.91 Å². The highest BCUT2D eigenvalue weighted by molar-refractivity contribution is 5.96. The van der Waals surface area contributed by atoms with E-state index in [2.05, 4.69) is 20.5 Å². The van der Waals surface area contributed by atoms with E-state index in [9.17, 15) is 27.9 Å². The minimum Gasteiger partial charge on any atom is -0.385 e. The van der Waals surface area contributed by atoms with Crippen LogP contribution < -0.4 is 10.6 Å². The van der Waals surface area contributed by atoms with E-state index in [4.69, 9.17) is 0 Å². The fourth-order valence-corrected chi connectivity index (χ4v) is 4.77. The molecular formula is C27H35F3N4O3. The Hall–Kier alpha value is -2.98. The molecule has 1 heterocycles. The Morgan fingerprint density at radius 1 is 1.22 bits per heavy atom. The third kappa shape index (κ3) is 7.75. The number of likely N-dealkylation sites (tertiary alicyclic amines) is 1. The molecule has 3 N–H and O–H groups in total. The molecule has 2 fully saturated rings. The van der Waals surface area contributed by atoms with Crippen molar-refractivity contribution in [1.29, 1.82) is 0 Å². The Balaban J connectivity index is 1.42. The van der Waals surface area contributed by atoms with Crippen LogP contribution in [0.5, 0.6) is 0 Å². The molecule has 7 nitrogen and oxygen atoms in total. The maximum Gasteiger partial charge on any atom is 0.416 e. The molecule has 1 saturated heterocycles. The zero-order chi connectivity index (χ0) is 27.2. The Labute approximate surface area is 215 Å². The minimum absolute atomic E-state index is 0.0567. The molecule has 1 saturated carbocycles. The summed E-state index contributed by atoms with van der Waals surface area (Å²) >= 11 is 0. The summed E-state index contributed by atoms with van der Waals surface area (Å²) in [5.41, 5.74) is -0.0560. The van der Waals surface area contributed by atoms with Crippen molar-refractivity contribution in [1.82, 2.24) is 15.5 Å². The fourth-order valence-electron chi connectivity index (χ4n) is 4.77. The van der Waals surface area contributed by atoms with Crippen molar-refractivity contribution in [2.45, 2.75) is 70.3 Å². The molecule has 1 aromatic rings. The average molecular weight is 521 g/mol. The number of rotatable bonds is 8. The number of alkyl halides is 3. The van der Waals surface area contributed by atoms with E-state index in [1.807, 2.05) is 26.8 Å². The number of halogens is 3. The maximum atomic E-state index is 12.8. The highest BCUT2D eigenvalue weighted by Crippen LogP contribution is 2.38. The zero-order valence-electron chi connectivity index (χ0n) is 21.4. The van der Waals surface area contributed by atoms with Crippen LogP contribution in [-0.4, -0.2) is 65.4 Å². The average Bonchev–Trinajstić information content (AvgIpc) is 2.82. The Morgan fingerprint density at radius 3 is 2.49 bits per heavy atom. The third-order valence-corrected chi connectivity index (χ3v) is 6.78. The maximum absolute atomic E-state index is 12.8. The number of aliphatic imine (C=N–C) groups is 1. The van der Waals surface area contributed by atoms with E-state index in [1.165, 1.54) is 6.07 Å². The van der Waals surface area contributed by atoms with Gasteiger partial charge >= 0.3 is 6.18 Å². The van der Waals surface area contributed by atoms with Gasteiger partial charge in [-0.3, -0.25) is 19.5 Å². The van der Waals surface area contributed by atoms with Crippen LogP contribution in [0.25, 0.3) is 0 Å². The van der Waals surface area contributed by atoms with Crippen LogP contribution in [0.15, 0.2) is 52.7 Å². The summed E-state index contributed by atoms with van der Waals surface area (Å²) in [4.78, 5) is 30.9. The Bertz CT molecular complexity index is 1060. The lowest BCUT2D eigenvalue weighted by molar-refractivity contribution is -0.137. The molecule has 37 heavy (non-hydrogen) atoms. The first-order valence-corrected chi connectivity index (χ1v) is 12.5. The lowest BCUT2D eigenvalue weighted by Gasteiger charge is -2.48. The molecule has 0 unspecified atom stereocenters. The molecule has 1 aromatic carbocycles. The first-order valence-electron chi connectivity index (χ1n) is 12.5. The largest absolute Gasteiger partial charge is 0.416 e. The van der Waals surface area contributed by atoms with E-state index in [1.54, 1.807) is 12.4 Å². The summed E-state index contributed by atoms with van der Waals surface area (Å²) < 4.78 is 38.5. The molecule has 1 aliphatic carbocycles. The molecule has 10 heteroatoms. The van der Waals surface area contributed by atoms with E-state index in [0.717, 1.165) is 42.2 Å². The first-order chi connectivity index (χ1) is 17.4. The van der Waals surface area contributed by atoms with Gasteiger partial charge in [0.05, 0.1) is 23.8 Å². The van der Waals surface area contributed by atoms with Crippen LogP contribution in [0.1, 0.15) is 62.4 Å². The van der Waals surface area contributed by atoms with Crippen molar-refractivity contribution >= 4 is 18.0 Å². The van der Waals surface area contributed by atoms with Gasteiger partial charge in [-0.15, -0.1) is 0 Å². The monoisotopic (exact) mass is 520 g/mol. The van der Waals surface area contributed by atoms with Gasteiger partial charge in [-0.2, -0.15) is 13.2 Å². The normalized spacial score (nSPS) is 23.4.